The third-order valence-electron chi connectivity index (χ3n) is 5.28. The van der Waals surface area contributed by atoms with Crippen molar-refractivity contribution >= 4 is 34.2 Å². The number of anilines is 2. The number of benzene rings is 2. The molecule has 0 fully saturated rings. The zero-order valence-electron chi connectivity index (χ0n) is 19.1. The van der Waals surface area contributed by atoms with Gasteiger partial charge >= 0.3 is 6.18 Å². The fourth-order valence-electron chi connectivity index (χ4n) is 3.65. The lowest BCUT2D eigenvalue weighted by Crippen LogP contribution is -2.17. The first-order chi connectivity index (χ1) is 16.5. The summed E-state index contributed by atoms with van der Waals surface area (Å²) in [4.78, 5) is 29.7. The van der Waals surface area contributed by atoms with Crippen molar-refractivity contribution in [2.45, 2.75) is 33.0 Å². The molecule has 0 aliphatic carbocycles. The van der Waals surface area contributed by atoms with Crippen LogP contribution in [-0.2, 0) is 11.0 Å². The monoisotopic (exact) mass is 481 g/mol. The van der Waals surface area contributed by atoms with Gasteiger partial charge in [0.1, 0.15) is 0 Å². The van der Waals surface area contributed by atoms with Crippen molar-refractivity contribution in [1.82, 2.24) is 14.8 Å². The van der Waals surface area contributed by atoms with E-state index in [0.29, 0.717) is 16.7 Å². The Kier molecular flexibility index (Phi) is 6.29. The minimum Gasteiger partial charge on any atom is -0.325 e. The number of halogens is 3. The van der Waals surface area contributed by atoms with Crippen molar-refractivity contribution in [2.24, 2.45) is 0 Å². The predicted octanol–water partition coefficient (Wildman–Crippen LogP) is 5.91. The number of rotatable bonds is 5. The molecule has 2 amide bonds. The van der Waals surface area contributed by atoms with E-state index in [1.54, 1.807) is 10.7 Å². The highest BCUT2D eigenvalue weighted by Crippen LogP contribution is 2.35. The Morgan fingerprint density at radius 2 is 1.69 bits per heavy atom. The zero-order valence-corrected chi connectivity index (χ0v) is 19.1. The van der Waals surface area contributed by atoms with E-state index in [1.807, 2.05) is 44.2 Å². The van der Waals surface area contributed by atoms with Crippen molar-refractivity contribution in [1.29, 1.82) is 0 Å². The summed E-state index contributed by atoms with van der Waals surface area (Å²) in [5.74, 6) is -1.15. The van der Waals surface area contributed by atoms with Gasteiger partial charge in [-0.25, -0.2) is 9.67 Å². The second-order valence-electron chi connectivity index (χ2n) is 8.23. The van der Waals surface area contributed by atoms with Crippen molar-refractivity contribution < 1.29 is 22.8 Å². The van der Waals surface area contributed by atoms with Gasteiger partial charge in [0.05, 0.1) is 39.8 Å². The third kappa shape index (κ3) is 5.01. The maximum atomic E-state index is 13.4. The van der Waals surface area contributed by atoms with Crippen LogP contribution in [0, 0.1) is 0 Å². The summed E-state index contributed by atoms with van der Waals surface area (Å²) in [7, 11) is 0. The molecule has 4 rings (SSSR count). The molecule has 2 aromatic carbocycles. The van der Waals surface area contributed by atoms with E-state index in [9.17, 15) is 22.8 Å². The Bertz CT molecular complexity index is 1410. The summed E-state index contributed by atoms with van der Waals surface area (Å²) < 4.78 is 41.7. The number of nitrogens with zero attached hydrogens (tertiary/aromatic N) is 3. The normalized spacial score (nSPS) is 11.6. The number of carbonyl (C=O) groups excluding carboxylic acids is 2. The Labute approximate surface area is 199 Å². The highest BCUT2D eigenvalue weighted by atomic mass is 19.4. The third-order valence-corrected chi connectivity index (χ3v) is 5.28. The van der Waals surface area contributed by atoms with Crippen molar-refractivity contribution in [3.05, 3.63) is 71.9 Å². The highest BCUT2D eigenvalue weighted by Gasteiger charge is 2.31. The second kappa shape index (κ2) is 9.21. The molecule has 0 bridgehead atoms. The molecule has 2 heterocycles. The van der Waals surface area contributed by atoms with Gasteiger partial charge in [-0.15, -0.1) is 0 Å². The van der Waals surface area contributed by atoms with E-state index < -0.39 is 23.6 Å². The van der Waals surface area contributed by atoms with Crippen LogP contribution in [0.4, 0.5) is 24.5 Å². The number of pyridine rings is 1. The molecule has 10 heteroatoms. The number of amides is 2. The molecule has 0 atom stereocenters. The molecule has 0 aliphatic heterocycles. The molecular weight excluding hydrogens is 459 g/mol. The number of hydrogen-bond donors (Lipinski definition) is 2. The zero-order chi connectivity index (χ0) is 25.3. The lowest BCUT2D eigenvalue weighted by atomic mass is 10.1. The summed E-state index contributed by atoms with van der Waals surface area (Å²) in [6, 6.07) is 13.5. The van der Waals surface area contributed by atoms with Crippen LogP contribution in [-0.4, -0.2) is 26.6 Å². The number of alkyl halides is 3. The number of hydrogen-bond acceptors (Lipinski definition) is 4. The largest absolute Gasteiger partial charge is 0.416 e. The standard InChI is InChI=1S/C25H22F3N5O2/c1-14(2)33-23-19(13-29-33)18(12-21(31-23)16-7-5-4-6-8-16)24(35)32-22-11-17(25(26,27)28)9-10-20(22)30-15(3)34/h4-14H,1-3H3,(H,30,34)(H,32,35). The summed E-state index contributed by atoms with van der Waals surface area (Å²) >= 11 is 0. The van der Waals surface area contributed by atoms with E-state index in [0.717, 1.165) is 23.8 Å². The predicted molar refractivity (Wildman–Crippen MR) is 127 cm³/mol. The van der Waals surface area contributed by atoms with Gasteiger partial charge in [-0.2, -0.15) is 18.3 Å². The van der Waals surface area contributed by atoms with Gasteiger partial charge in [0, 0.05) is 18.5 Å². The quantitative estimate of drug-likeness (QED) is 0.371. The first-order valence-corrected chi connectivity index (χ1v) is 10.8. The van der Waals surface area contributed by atoms with E-state index in [1.165, 1.54) is 13.1 Å². The molecule has 4 aromatic rings. The van der Waals surface area contributed by atoms with Crippen LogP contribution in [0.25, 0.3) is 22.3 Å². The molecule has 180 valence electrons. The lowest BCUT2D eigenvalue weighted by Gasteiger charge is -2.16. The van der Waals surface area contributed by atoms with Crippen LogP contribution in [0.5, 0.6) is 0 Å². The van der Waals surface area contributed by atoms with Crippen molar-refractivity contribution in [2.75, 3.05) is 10.6 Å². The molecular formula is C25H22F3N5O2. The van der Waals surface area contributed by atoms with Crippen molar-refractivity contribution in [3.63, 3.8) is 0 Å². The van der Waals surface area contributed by atoms with Crippen LogP contribution in [0.1, 0.15) is 42.7 Å². The number of aromatic nitrogens is 3. The van der Waals surface area contributed by atoms with Crippen LogP contribution in [0.3, 0.4) is 0 Å². The molecule has 0 radical (unpaired) electrons. The molecule has 7 nitrogen and oxygen atoms in total. The van der Waals surface area contributed by atoms with E-state index in [-0.39, 0.29) is 23.0 Å². The average Bonchev–Trinajstić information content (AvgIpc) is 3.23. The molecule has 0 saturated heterocycles. The highest BCUT2D eigenvalue weighted by molar-refractivity contribution is 6.14. The lowest BCUT2D eigenvalue weighted by molar-refractivity contribution is -0.137. The maximum absolute atomic E-state index is 13.4. The molecule has 35 heavy (non-hydrogen) atoms. The molecule has 0 spiro atoms. The topological polar surface area (TPSA) is 88.9 Å². The van der Waals surface area contributed by atoms with Gasteiger partial charge in [0.2, 0.25) is 5.91 Å². The fraction of sp³-hybridized carbons (Fsp3) is 0.200. The van der Waals surface area contributed by atoms with Gasteiger partial charge in [0.25, 0.3) is 5.91 Å². The minimum absolute atomic E-state index is 0.0447. The second-order valence-corrected chi connectivity index (χ2v) is 8.23. The Balaban J connectivity index is 1.84. The first kappa shape index (κ1) is 23.9. The number of nitrogens with one attached hydrogen (secondary N) is 2. The van der Waals surface area contributed by atoms with Gasteiger partial charge in [-0.3, -0.25) is 9.59 Å². The smallest absolute Gasteiger partial charge is 0.325 e. The Morgan fingerprint density at radius 3 is 2.31 bits per heavy atom. The van der Waals surface area contributed by atoms with Gasteiger partial charge in [-0.05, 0) is 38.1 Å². The van der Waals surface area contributed by atoms with Crippen LogP contribution in [0.2, 0.25) is 0 Å². The van der Waals surface area contributed by atoms with Crippen LogP contribution < -0.4 is 10.6 Å². The Hall–Kier alpha value is -4.21. The summed E-state index contributed by atoms with van der Waals surface area (Å²) in [5.41, 5.74) is 0.839. The summed E-state index contributed by atoms with van der Waals surface area (Å²) in [5, 5.41) is 9.79. The van der Waals surface area contributed by atoms with Gasteiger partial charge in [0.15, 0.2) is 5.65 Å². The summed E-state index contributed by atoms with van der Waals surface area (Å²) in [6.07, 6.45) is -3.12. The molecule has 2 N–H and O–H groups in total. The van der Waals surface area contributed by atoms with E-state index in [2.05, 4.69) is 15.7 Å². The number of fused-ring (bicyclic) bond motifs is 1. The van der Waals surface area contributed by atoms with Gasteiger partial charge < -0.3 is 10.6 Å². The average molecular weight is 481 g/mol. The van der Waals surface area contributed by atoms with Gasteiger partial charge in [-0.1, -0.05) is 30.3 Å². The molecule has 0 aliphatic rings. The maximum Gasteiger partial charge on any atom is 0.416 e. The van der Waals surface area contributed by atoms with E-state index in [4.69, 9.17) is 4.98 Å². The first-order valence-electron chi connectivity index (χ1n) is 10.8. The van der Waals surface area contributed by atoms with Crippen LogP contribution in [0.15, 0.2) is 60.8 Å². The van der Waals surface area contributed by atoms with E-state index >= 15 is 0 Å². The minimum atomic E-state index is -4.63. The fourth-order valence-corrected chi connectivity index (χ4v) is 3.65. The Morgan fingerprint density at radius 1 is 0.971 bits per heavy atom. The molecule has 0 unspecified atom stereocenters. The number of carbonyl (C=O) groups is 2. The molecule has 0 saturated carbocycles. The van der Waals surface area contributed by atoms with Crippen LogP contribution >= 0.6 is 0 Å². The molecule has 2 aromatic heterocycles. The SMILES string of the molecule is CC(=O)Nc1ccc(C(F)(F)F)cc1NC(=O)c1cc(-c2ccccc2)nc2c1cnn2C(C)C. The summed E-state index contributed by atoms with van der Waals surface area (Å²) in [6.45, 7) is 5.07. The van der Waals surface area contributed by atoms with Crippen molar-refractivity contribution in [3.8, 4) is 11.3 Å².